The standard InChI is InChI=1S/C12H16N2O3S2/c1-6-5-8-9(18-6)10(15)14(3)12(13-8)19-7(2)11(16)17-4/h6-7H,5H2,1-4H3/t6-,7-/m0/s1. The Labute approximate surface area is 120 Å². The average Bonchev–Trinajstić information content (AvgIpc) is 2.75. The third kappa shape index (κ3) is 2.81. The van der Waals surface area contributed by atoms with Crippen LogP contribution >= 0.6 is 23.5 Å². The number of ether oxygens (including phenoxy) is 1. The summed E-state index contributed by atoms with van der Waals surface area (Å²) in [5.74, 6) is -0.317. The van der Waals surface area contributed by atoms with Crippen molar-refractivity contribution in [1.82, 2.24) is 9.55 Å². The number of fused-ring (bicyclic) bond motifs is 1. The SMILES string of the molecule is COC(=O)[C@H](C)Sc1nc2c(c(=O)n1C)S[C@@H](C)C2. The molecule has 2 rings (SSSR count). The molecule has 104 valence electrons. The molecule has 5 nitrogen and oxygen atoms in total. The predicted molar refractivity (Wildman–Crippen MR) is 75.8 cm³/mol. The Balaban J connectivity index is 2.33. The molecule has 1 aromatic heterocycles. The van der Waals surface area contributed by atoms with Crippen LogP contribution in [0.2, 0.25) is 0 Å². The average molecular weight is 300 g/mol. The molecule has 2 atom stereocenters. The largest absolute Gasteiger partial charge is 0.468 e. The van der Waals surface area contributed by atoms with Gasteiger partial charge in [-0.3, -0.25) is 14.2 Å². The lowest BCUT2D eigenvalue weighted by Crippen LogP contribution is -2.24. The quantitative estimate of drug-likeness (QED) is 0.478. The van der Waals surface area contributed by atoms with Crippen molar-refractivity contribution in [3.63, 3.8) is 0 Å². The molecule has 1 aliphatic rings. The van der Waals surface area contributed by atoms with Crippen LogP contribution in [0, 0.1) is 0 Å². The van der Waals surface area contributed by atoms with Gasteiger partial charge in [-0.25, -0.2) is 4.98 Å². The molecule has 1 aromatic rings. The van der Waals surface area contributed by atoms with Crippen molar-refractivity contribution in [2.45, 2.75) is 40.8 Å². The van der Waals surface area contributed by atoms with Crippen LogP contribution in [0.4, 0.5) is 0 Å². The van der Waals surface area contributed by atoms with E-state index >= 15 is 0 Å². The Hall–Kier alpha value is -0.950. The minimum absolute atomic E-state index is 0.0288. The van der Waals surface area contributed by atoms with E-state index in [-0.39, 0.29) is 16.8 Å². The van der Waals surface area contributed by atoms with Crippen LogP contribution in [0.3, 0.4) is 0 Å². The molecule has 0 N–H and O–H groups in total. The second-order valence-electron chi connectivity index (χ2n) is 4.45. The zero-order valence-corrected chi connectivity index (χ0v) is 12.9. The first-order valence-electron chi connectivity index (χ1n) is 5.95. The van der Waals surface area contributed by atoms with Crippen molar-refractivity contribution in [3.8, 4) is 0 Å². The van der Waals surface area contributed by atoms with Gasteiger partial charge in [0, 0.05) is 18.7 Å². The molecule has 0 bridgehead atoms. The Bertz CT molecular complexity index is 571. The highest BCUT2D eigenvalue weighted by molar-refractivity contribution is 8.00. The zero-order valence-electron chi connectivity index (χ0n) is 11.3. The maximum Gasteiger partial charge on any atom is 0.318 e. The molecule has 0 spiro atoms. The summed E-state index contributed by atoms with van der Waals surface area (Å²) < 4.78 is 6.19. The van der Waals surface area contributed by atoms with Crippen LogP contribution in [-0.4, -0.2) is 33.1 Å². The van der Waals surface area contributed by atoms with Crippen molar-refractivity contribution in [2.24, 2.45) is 7.05 Å². The second kappa shape index (κ2) is 5.58. The van der Waals surface area contributed by atoms with Crippen molar-refractivity contribution < 1.29 is 9.53 Å². The molecule has 7 heteroatoms. The fraction of sp³-hybridized carbons (Fsp3) is 0.583. The molecule has 0 unspecified atom stereocenters. The Morgan fingerprint density at radius 2 is 2.32 bits per heavy atom. The summed E-state index contributed by atoms with van der Waals surface area (Å²) >= 11 is 2.83. The highest BCUT2D eigenvalue weighted by atomic mass is 32.2. The Kier molecular flexibility index (Phi) is 4.25. The lowest BCUT2D eigenvalue weighted by atomic mass is 10.2. The number of aromatic nitrogens is 2. The van der Waals surface area contributed by atoms with E-state index in [1.54, 1.807) is 25.7 Å². The van der Waals surface area contributed by atoms with Gasteiger partial charge in [-0.15, -0.1) is 11.8 Å². The van der Waals surface area contributed by atoms with Crippen LogP contribution in [-0.2, 0) is 23.0 Å². The Morgan fingerprint density at radius 1 is 1.63 bits per heavy atom. The van der Waals surface area contributed by atoms with Gasteiger partial charge < -0.3 is 4.74 Å². The number of nitrogens with zero attached hydrogens (tertiary/aromatic N) is 2. The second-order valence-corrected chi connectivity index (χ2v) is 7.21. The van der Waals surface area contributed by atoms with E-state index in [1.807, 2.05) is 0 Å². The molecule has 19 heavy (non-hydrogen) atoms. The lowest BCUT2D eigenvalue weighted by Gasteiger charge is -2.12. The van der Waals surface area contributed by atoms with Crippen LogP contribution in [0.25, 0.3) is 0 Å². The van der Waals surface area contributed by atoms with Gasteiger partial charge in [-0.2, -0.15) is 0 Å². The predicted octanol–water partition coefficient (Wildman–Crippen LogP) is 1.47. The van der Waals surface area contributed by atoms with E-state index < -0.39 is 0 Å². The molecule has 0 amide bonds. The normalized spacial score (nSPS) is 19.1. The van der Waals surface area contributed by atoms with E-state index in [4.69, 9.17) is 0 Å². The first-order chi connectivity index (χ1) is 8.93. The minimum atomic E-state index is -0.382. The van der Waals surface area contributed by atoms with Gasteiger partial charge in [0.1, 0.15) is 5.25 Å². The number of esters is 1. The third-order valence-corrected chi connectivity index (χ3v) is 5.23. The zero-order chi connectivity index (χ0) is 14.2. The summed E-state index contributed by atoms with van der Waals surface area (Å²) in [6, 6.07) is 0. The van der Waals surface area contributed by atoms with Gasteiger partial charge in [0.05, 0.1) is 17.7 Å². The van der Waals surface area contributed by atoms with Crippen LogP contribution in [0.5, 0.6) is 0 Å². The molecule has 2 heterocycles. The van der Waals surface area contributed by atoms with Crippen molar-refractivity contribution >= 4 is 29.5 Å². The summed E-state index contributed by atoms with van der Waals surface area (Å²) in [6.45, 7) is 3.82. The summed E-state index contributed by atoms with van der Waals surface area (Å²) in [4.78, 5) is 28.9. The third-order valence-electron chi connectivity index (χ3n) is 2.89. The number of rotatable bonds is 3. The molecule has 0 saturated heterocycles. The van der Waals surface area contributed by atoms with Crippen molar-refractivity contribution in [1.29, 1.82) is 0 Å². The first kappa shape index (κ1) is 14.5. The summed E-state index contributed by atoms with van der Waals surface area (Å²) in [5.41, 5.74) is 0.819. The summed E-state index contributed by atoms with van der Waals surface area (Å²) in [5, 5.41) is 0.567. The molecular weight excluding hydrogens is 284 g/mol. The number of thioether (sulfide) groups is 2. The highest BCUT2D eigenvalue weighted by Crippen LogP contribution is 2.34. The first-order valence-corrected chi connectivity index (χ1v) is 7.71. The molecule has 0 aromatic carbocycles. The number of carbonyl (C=O) groups excluding carboxylic acids is 1. The van der Waals surface area contributed by atoms with Gasteiger partial charge in [0.25, 0.3) is 5.56 Å². The monoisotopic (exact) mass is 300 g/mol. The molecule has 0 aliphatic carbocycles. The van der Waals surface area contributed by atoms with Crippen LogP contribution < -0.4 is 5.56 Å². The van der Waals surface area contributed by atoms with Gasteiger partial charge in [-0.1, -0.05) is 18.7 Å². The molecule has 0 radical (unpaired) electrons. The van der Waals surface area contributed by atoms with Crippen molar-refractivity contribution in [2.75, 3.05) is 7.11 Å². The minimum Gasteiger partial charge on any atom is -0.468 e. The molecule has 1 aliphatic heterocycles. The Morgan fingerprint density at radius 3 is 2.95 bits per heavy atom. The lowest BCUT2D eigenvalue weighted by molar-refractivity contribution is -0.139. The van der Waals surface area contributed by atoms with E-state index in [1.165, 1.54) is 23.4 Å². The van der Waals surface area contributed by atoms with E-state index in [9.17, 15) is 9.59 Å². The highest BCUT2D eigenvalue weighted by Gasteiger charge is 2.26. The summed E-state index contributed by atoms with van der Waals surface area (Å²) in [6.07, 6.45) is 0.802. The van der Waals surface area contributed by atoms with Gasteiger partial charge in [0.15, 0.2) is 5.16 Å². The maximum absolute atomic E-state index is 12.2. The molecule has 0 fully saturated rings. The fourth-order valence-corrected chi connectivity index (χ4v) is 3.91. The maximum atomic E-state index is 12.2. The van der Waals surface area contributed by atoms with E-state index in [0.717, 1.165) is 17.0 Å². The smallest absolute Gasteiger partial charge is 0.318 e. The van der Waals surface area contributed by atoms with Gasteiger partial charge in [-0.05, 0) is 6.92 Å². The van der Waals surface area contributed by atoms with Gasteiger partial charge >= 0.3 is 5.97 Å². The van der Waals surface area contributed by atoms with Crippen molar-refractivity contribution in [3.05, 3.63) is 16.0 Å². The van der Waals surface area contributed by atoms with E-state index in [2.05, 4.69) is 16.6 Å². The van der Waals surface area contributed by atoms with E-state index in [0.29, 0.717) is 10.4 Å². The molecular formula is C12H16N2O3S2. The number of hydrogen-bond acceptors (Lipinski definition) is 6. The summed E-state index contributed by atoms with van der Waals surface area (Å²) in [7, 11) is 3.04. The van der Waals surface area contributed by atoms with Crippen LogP contribution in [0.15, 0.2) is 14.8 Å². The number of hydrogen-bond donors (Lipinski definition) is 0. The topological polar surface area (TPSA) is 61.2 Å². The van der Waals surface area contributed by atoms with Crippen LogP contribution in [0.1, 0.15) is 19.5 Å². The number of carbonyl (C=O) groups is 1. The molecule has 0 saturated carbocycles. The fourth-order valence-electron chi connectivity index (χ4n) is 1.85. The number of methoxy groups -OCH3 is 1. The van der Waals surface area contributed by atoms with Gasteiger partial charge in [0.2, 0.25) is 0 Å².